The molecule has 1 fully saturated rings. The Labute approximate surface area is 112 Å². The molecule has 0 spiro atoms. The first kappa shape index (κ1) is 13.8. The number of aromatic nitrogens is 1. The maximum atomic E-state index is 12.3. The molecule has 5 nitrogen and oxygen atoms in total. The van der Waals surface area contributed by atoms with Crippen molar-refractivity contribution in [2.45, 2.75) is 26.2 Å². The summed E-state index contributed by atoms with van der Waals surface area (Å²) >= 11 is 0. The second kappa shape index (κ2) is 5.57. The highest BCUT2D eigenvalue weighted by molar-refractivity contribution is 5.92. The minimum Gasteiger partial charge on any atom is -0.396 e. The van der Waals surface area contributed by atoms with E-state index in [9.17, 15) is 14.7 Å². The third-order valence-corrected chi connectivity index (χ3v) is 4.03. The number of amides is 1. The van der Waals surface area contributed by atoms with E-state index in [0.29, 0.717) is 18.8 Å². The average molecular weight is 264 g/mol. The van der Waals surface area contributed by atoms with Crippen LogP contribution in [-0.2, 0) is 0 Å². The molecule has 1 aliphatic heterocycles. The highest BCUT2D eigenvalue weighted by Crippen LogP contribution is 2.33. The smallest absolute Gasteiger partial charge is 0.270 e. The van der Waals surface area contributed by atoms with Crippen LogP contribution in [0.5, 0.6) is 0 Å². The fourth-order valence-corrected chi connectivity index (χ4v) is 2.65. The Bertz CT molecular complexity index is 505. The van der Waals surface area contributed by atoms with E-state index in [2.05, 4.69) is 4.98 Å². The Morgan fingerprint density at radius 3 is 2.95 bits per heavy atom. The SMILES string of the molecule is CCC1(CO)CCCN(C(=O)c2cccc(=O)[nH]2)C1. The number of nitrogens with one attached hydrogen (secondary N) is 1. The minimum atomic E-state index is -0.272. The van der Waals surface area contributed by atoms with Crippen molar-refractivity contribution in [3.8, 4) is 0 Å². The normalized spacial score (nSPS) is 23.4. The van der Waals surface area contributed by atoms with Gasteiger partial charge in [-0.1, -0.05) is 13.0 Å². The van der Waals surface area contributed by atoms with Gasteiger partial charge in [0.15, 0.2) is 0 Å². The molecule has 0 aliphatic carbocycles. The summed E-state index contributed by atoms with van der Waals surface area (Å²) in [5, 5.41) is 9.56. The molecule has 104 valence electrons. The molecule has 0 saturated carbocycles. The van der Waals surface area contributed by atoms with E-state index < -0.39 is 0 Å². The summed E-state index contributed by atoms with van der Waals surface area (Å²) in [7, 11) is 0. The van der Waals surface area contributed by atoms with Crippen LogP contribution in [-0.4, -0.2) is 40.6 Å². The van der Waals surface area contributed by atoms with E-state index in [0.717, 1.165) is 19.3 Å². The van der Waals surface area contributed by atoms with E-state index in [-0.39, 0.29) is 23.5 Å². The van der Waals surface area contributed by atoms with Crippen molar-refractivity contribution >= 4 is 5.91 Å². The van der Waals surface area contributed by atoms with Crippen molar-refractivity contribution in [3.63, 3.8) is 0 Å². The zero-order valence-corrected chi connectivity index (χ0v) is 11.2. The lowest BCUT2D eigenvalue weighted by Gasteiger charge is -2.41. The number of aromatic amines is 1. The molecule has 0 aromatic carbocycles. The molecule has 0 bridgehead atoms. The van der Waals surface area contributed by atoms with Gasteiger partial charge in [-0.3, -0.25) is 9.59 Å². The number of nitrogens with zero attached hydrogens (tertiary/aromatic N) is 1. The fraction of sp³-hybridized carbons (Fsp3) is 0.571. The molecule has 1 atom stereocenters. The Kier molecular flexibility index (Phi) is 4.04. The number of hydrogen-bond donors (Lipinski definition) is 2. The van der Waals surface area contributed by atoms with Crippen molar-refractivity contribution in [1.29, 1.82) is 0 Å². The van der Waals surface area contributed by atoms with Crippen LogP contribution in [0.2, 0.25) is 0 Å². The van der Waals surface area contributed by atoms with Crippen LogP contribution < -0.4 is 5.56 Å². The number of piperidine rings is 1. The van der Waals surface area contributed by atoms with Crippen molar-refractivity contribution < 1.29 is 9.90 Å². The summed E-state index contributed by atoms with van der Waals surface area (Å²) in [6.07, 6.45) is 2.67. The quantitative estimate of drug-likeness (QED) is 0.855. The lowest BCUT2D eigenvalue weighted by molar-refractivity contribution is 0.0248. The van der Waals surface area contributed by atoms with Gasteiger partial charge >= 0.3 is 0 Å². The zero-order valence-electron chi connectivity index (χ0n) is 11.2. The van der Waals surface area contributed by atoms with Crippen LogP contribution in [0, 0.1) is 5.41 Å². The van der Waals surface area contributed by atoms with Gasteiger partial charge in [0.1, 0.15) is 5.69 Å². The predicted molar refractivity (Wildman–Crippen MR) is 72.0 cm³/mol. The molecule has 0 radical (unpaired) electrons. The number of hydrogen-bond acceptors (Lipinski definition) is 3. The van der Waals surface area contributed by atoms with E-state index in [4.69, 9.17) is 0 Å². The summed E-state index contributed by atoms with van der Waals surface area (Å²) < 4.78 is 0. The fourth-order valence-electron chi connectivity index (χ4n) is 2.65. The molecule has 1 saturated heterocycles. The van der Waals surface area contributed by atoms with Gasteiger partial charge in [0.25, 0.3) is 5.91 Å². The average Bonchev–Trinajstić information content (AvgIpc) is 2.46. The van der Waals surface area contributed by atoms with Crippen molar-refractivity contribution in [2.75, 3.05) is 19.7 Å². The minimum absolute atomic E-state index is 0.0958. The molecule has 5 heteroatoms. The van der Waals surface area contributed by atoms with Gasteiger partial charge in [-0.2, -0.15) is 0 Å². The monoisotopic (exact) mass is 264 g/mol. The van der Waals surface area contributed by atoms with Gasteiger partial charge < -0.3 is 15.0 Å². The molecule has 1 amide bonds. The standard InChI is InChI=1S/C14H20N2O3/c1-2-14(10-17)7-4-8-16(9-14)13(19)11-5-3-6-12(18)15-11/h3,5-6,17H,2,4,7-10H2,1H3,(H,15,18). The third kappa shape index (κ3) is 2.87. The van der Waals surface area contributed by atoms with Gasteiger partial charge in [0.2, 0.25) is 5.56 Å². The summed E-state index contributed by atoms with van der Waals surface area (Å²) in [6, 6.07) is 4.58. The number of likely N-dealkylation sites (tertiary alicyclic amines) is 1. The zero-order chi connectivity index (χ0) is 13.9. The summed E-state index contributed by atoms with van der Waals surface area (Å²) in [4.78, 5) is 27.9. The van der Waals surface area contributed by atoms with Crippen LogP contribution in [0.4, 0.5) is 0 Å². The van der Waals surface area contributed by atoms with E-state index in [1.165, 1.54) is 6.07 Å². The molecule has 1 aromatic rings. The number of rotatable bonds is 3. The lowest BCUT2D eigenvalue weighted by atomic mass is 9.78. The Morgan fingerprint density at radius 1 is 1.53 bits per heavy atom. The van der Waals surface area contributed by atoms with Gasteiger partial charge in [0, 0.05) is 24.6 Å². The molecule has 2 heterocycles. The van der Waals surface area contributed by atoms with Gasteiger partial charge in [-0.05, 0) is 25.3 Å². The second-order valence-corrected chi connectivity index (χ2v) is 5.27. The van der Waals surface area contributed by atoms with Gasteiger partial charge in [-0.25, -0.2) is 0 Å². The third-order valence-electron chi connectivity index (χ3n) is 4.03. The molecule has 19 heavy (non-hydrogen) atoms. The van der Waals surface area contributed by atoms with Gasteiger partial charge in [-0.15, -0.1) is 0 Å². The van der Waals surface area contributed by atoms with E-state index in [1.807, 2.05) is 6.92 Å². The number of pyridine rings is 1. The lowest BCUT2D eigenvalue weighted by Crippen LogP contribution is -2.48. The van der Waals surface area contributed by atoms with Crippen molar-refractivity contribution in [2.24, 2.45) is 5.41 Å². The Morgan fingerprint density at radius 2 is 2.32 bits per heavy atom. The molecule has 1 aromatic heterocycles. The first-order valence-corrected chi connectivity index (χ1v) is 6.70. The summed E-state index contributed by atoms with van der Waals surface area (Å²) in [6.45, 7) is 3.36. The highest BCUT2D eigenvalue weighted by atomic mass is 16.3. The largest absolute Gasteiger partial charge is 0.396 e. The highest BCUT2D eigenvalue weighted by Gasteiger charge is 2.35. The maximum Gasteiger partial charge on any atom is 0.270 e. The topological polar surface area (TPSA) is 73.4 Å². The number of aliphatic hydroxyl groups is 1. The van der Waals surface area contributed by atoms with Crippen molar-refractivity contribution in [3.05, 3.63) is 34.2 Å². The van der Waals surface area contributed by atoms with Crippen LogP contribution in [0.25, 0.3) is 0 Å². The maximum absolute atomic E-state index is 12.3. The van der Waals surface area contributed by atoms with Crippen LogP contribution in [0.1, 0.15) is 36.7 Å². The number of carbonyl (C=O) groups excluding carboxylic acids is 1. The molecular formula is C14H20N2O3. The first-order valence-electron chi connectivity index (χ1n) is 6.70. The molecule has 2 rings (SSSR count). The van der Waals surface area contributed by atoms with Crippen LogP contribution in [0.3, 0.4) is 0 Å². The van der Waals surface area contributed by atoms with E-state index >= 15 is 0 Å². The number of carbonyl (C=O) groups is 1. The Hall–Kier alpha value is -1.62. The molecular weight excluding hydrogens is 244 g/mol. The van der Waals surface area contributed by atoms with Crippen LogP contribution in [0.15, 0.2) is 23.0 Å². The first-order chi connectivity index (χ1) is 9.10. The Balaban J connectivity index is 2.18. The predicted octanol–water partition coefficient (Wildman–Crippen LogP) is 1.000. The number of H-pyrrole nitrogens is 1. The van der Waals surface area contributed by atoms with Crippen molar-refractivity contribution in [1.82, 2.24) is 9.88 Å². The summed E-state index contributed by atoms with van der Waals surface area (Å²) in [5.74, 6) is -0.163. The molecule has 1 unspecified atom stereocenters. The molecule has 2 N–H and O–H groups in total. The number of aliphatic hydroxyl groups excluding tert-OH is 1. The van der Waals surface area contributed by atoms with Crippen LogP contribution >= 0.6 is 0 Å². The summed E-state index contributed by atoms with van der Waals surface area (Å²) in [5.41, 5.74) is -0.146. The second-order valence-electron chi connectivity index (χ2n) is 5.27. The van der Waals surface area contributed by atoms with Gasteiger partial charge in [0.05, 0.1) is 6.61 Å². The molecule has 1 aliphatic rings. The van der Waals surface area contributed by atoms with E-state index in [1.54, 1.807) is 17.0 Å².